The molecule has 3 aromatic rings. The van der Waals surface area contributed by atoms with E-state index in [4.69, 9.17) is 9.47 Å². The Kier molecular flexibility index (Phi) is 6.86. The van der Waals surface area contributed by atoms with Crippen LogP contribution in [0, 0.1) is 6.92 Å². The summed E-state index contributed by atoms with van der Waals surface area (Å²) in [6.45, 7) is 1.19. The molecule has 0 saturated heterocycles. The van der Waals surface area contributed by atoms with Crippen LogP contribution in [0.2, 0.25) is 0 Å². The summed E-state index contributed by atoms with van der Waals surface area (Å²) >= 11 is 1.51. The lowest BCUT2D eigenvalue weighted by molar-refractivity contribution is -0.119. The monoisotopic (exact) mass is 441 g/mol. The highest BCUT2D eigenvalue weighted by molar-refractivity contribution is 7.98. The zero-order valence-electron chi connectivity index (χ0n) is 17.7. The second-order valence-corrected chi connectivity index (χ2v) is 7.51. The molecule has 9 heteroatoms. The third-order valence-electron chi connectivity index (χ3n) is 4.78. The number of aromatic nitrogens is 2. The van der Waals surface area contributed by atoms with Gasteiger partial charge in [0.25, 0.3) is 11.5 Å². The summed E-state index contributed by atoms with van der Waals surface area (Å²) in [7, 11) is 3.18. The molecule has 1 amide bonds. The molecule has 0 unspecified atom stereocenters. The second-order valence-electron chi connectivity index (χ2n) is 6.63. The molecule has 31 heavy (non-hydrogen) atoms. The quantitative estimate of drug-likeness (QED) is 0.448. The van der Waals surface area contributed by atoms with Crippen LogP contribution in [0.4, 0.5) is 5.69 Å². The first-order valence-electron chi connectivity index (χ1n) is 9.40. The number of hydrogen-bond acceptors (Lipinski definition) is 6. The van der Waals surface area contributed by atoms with Gasteiger partial charge in [-0.15, -0.1) is 11.8 Å². The van der Waals surface area contributed by atoms with Gasteiger partial charge in [0, 0.05) is 11.9 Å². The van der Waals surface area contributed by atoms with Gasteiger partial charge in [-0.3, -0.25) is 14.3 Å². The zero-order chi connectivity index (χ0) is 22.5. The Hall–Kier alpha value is -3.46. The Morgan fingerprint density at radius 1 is 1.13 bits per heavy atom. The lowest BCUT2D eigenvalue weighted by Crippen LogP contribution is -2.26. The Bertz CT molecular complexity index is 1170. The van der Waals surface area contributed by atoms with Gasteiger partial charge in [-0.25, -0.2) is 9.48 Å². The van der Waals surface area contributed by atoms with Crippen molar-refractivity contribution in [1.82, 2.24) is 9.36 Å². The van der Waals surface area contributed by atoms with Crippen molar-refractivity contribution >= 4 is 29.3 Å². The Balaban J connectivity index is 1.72. The van der Waals surface area contributed by atoms with Crippen LogP contribution in [0.25, 0.3) is 5.69 Å². The molecule has 162 valence electrons. The van der Waals surface area contributed by atoms with Gasteiger partial charge in [-0.1, -0.05) is 18.2 Å². The van der Waals surface area contributed by atoms with Gasteiger partial charge in [0.1, 0.15) is 17.0 Å². The molecule has 0 spiro atoms. The molecule has 1 aromatic heterocycles. The Labute approximate surface area is 183 Å². The average Bonchev–Trinajstić information content (AvgIpc) is 3.00. The van der Waals surface area contributed by atoms with Gasteiger partial charge in [0.05, 0.1) is 18.5 Å². The fourth-order valence-electron chi connectivity index (χ4n) is 3.06. The van der Waals surface area contributed by atoms with E-state index < -0.39 is 18.5 Å². The van der Waals surface area contributed by atoms with Crippen LogP contribution in [0.5, 0.6) is 5.75 Å². The third-order valence-corrected chi connectivity index (χ3v) is 5.51. The number of nitrogens with zero attached hydrogens (tertiary/aromatic N) is 2. The molecular formula is C22H23N3O5S. The van der Waals surface area contributed by atoms with Gasteiger partial charge in [0.15, 0.2) is 6.61 Å². The van der Waals surface area contributed by atoms with Crippen LogP contribution in [0.3, 0.4) is 0 Å². The van der Waals surface area contributed by atoms with E-state index in [1.54, 1.807) is 49.0 Å². The Morgan fingerprint density at radius 2 is 1.84 bits per heavy atom. The molecule has 8 nitrogen and oxygen atoms in total. The molecular weight excluding hydrogens is 418 g/mol. The standard InChI is InChI=1S/C22H23N3O5S/c1-14-20(21(27)25(24(14)2)15-8-6-5-7-9-15)23-19(26)13-30-22(28)17-11-10-16(31-4)12-18(17)29-3/h5-12H,13H2,1-4H3,(H,23,26). The third kappa shape index (κ3) is 4.66. The highest BCUT2D eigenvalue weighted by atomic mass is 32.2. The lowest BCUT2D eigenvalue weighted by atomic mass is 10.2. The SMILES string of the molecule is COc1cc(SC)ccc1C(=O)OCC(=O)Nc1c(C)n(C)n(-c2ccccc2)c1=O. The summed E-state index contributed by atoms with van der Waals surface area (Å²) in [6, 6.07) is 14.2. The number of methoxy groups -OCH3 is 1. The number of anilines is 1. The summed E-state index contributed by atoms with van der Waals surface area (Å²) in [5, 5.41) is 2.56. The number of carbonyl (C=O) groups is 2. The van der Waals surface area contributed by atoms with E-state index in [-0.39, 0.29) is 16.8 Å². The minimum absolute atomic E-state index is 0.134. The van der Waals surface area contributed by atoms with Crippen molar-refractivity contribution < 1.29 is 19.1 Å². The molecule has 0 aliphatic heterocycles. The molecule has 1 N–H and O–H groups in total. The van der Waals surface area contributed by atoms with Crippen LogP contribution in [-0.4, -0.2) is 41.2 Å². The summed E-state index contributed by atoms with van der Waals surface area (Å²) in [5.41, 5.74) is 1.22. The first-order chi connectivity index (χ1) is 14.9. The van der Waals surface area contributed by atoms with Crippen molar-refractivity contribution in [2.24, 2.45) is 7.05 Å². The summed E-state index contributed by atoms with van der Waals surface area (Å²) in [5.74, 6) is -0.938. The predicted octanol–water partition coefficient (Wildman–Crippen LogP) is 3.01. The van der Waals surface area contributed by atoms with Crippen molar-refractivity contribution in [2.45, 2.75) is 11.8 Å². The number of hydrogen-bond donors (Lipinski definition) is 1. The molecule has 1 heterocycles. The van der Waals surface area contributed by atoms with Crippen molar-refractivity contribution in [3.05, 3.63) is 70.1 Å². The maximum absolute atomic E-state index is 12.9. The van der Waals surface area contributed by atoms with Crippen molar-refractivity contribution in [3.63, 3.8) is 0 Å². The number of benzene rings is 2. The van der Waals surface area contributed by atoms with E-state index in [0.29, 0.717) is 17.1 Å². The van der Waals surface area contributed by atoms with E-state index in [1.807, 2.05) is 24.5 Å². The molecule has 2 aromatic carbocycles. The smallest absolute Gasteiger partial charge is 0.342 e. The zero-order valence-corrected chi connectivity index (χ0v) is 18.5. The molecule has 0 aliphatic rings. The van der Waals surface area contributed by atoms with Gasteiger partial charge < -0.3 is 14.8 Å². The summed E-state index contributed by atoms with van der Waals surface area (Å²) in [4.78, 5) is 38.6. The number of esters is 1. The van der Waals surface area contributed by atoms with Crippen molar-refractivity contribution in [3.8, 4) is 11.4 Å². The molecule has 0 fully saturated rings. The number of nitrogens with one attached hydrogen (secondary N) is 1. The Morgan fingerprint density at radius 3 is 2.48 bits per heavy atom. The number of carbonyl (C=O) groups excluding carboxylic acids is 2. The molecule has 0 radical (unpaired) electrons. The van der Waals surface area contributed by atoms with Gasteiger partial charge in [-0.05, 0) is 43.5 Å². The predicted molar refractivity (Wildman–Crippen MR) is 119 cm³/mol. The number of amides is 1. The molecule has 0 atom stereocenters. The van der Waals surface area contributed by atoms with Crippen LogP contribution < -0.4 is 15.6 Å². The van der Waals surface area contributed by atoms with Crippen LogP contribution in [-0.2, 0) is 16.6 Å². The number of ether oxygens (including phenoxy) is 2. The normalized spacial score (nSPS) is 10.6. The first-order valence-corrected chi connectivity index (χ1v) is 10.6. The fraction of sp³-hybridized carbons (Fsp3) is 0.227. The van der Waals surface area contributed by atoms with E-state index >= 15 is 0 Å². The molecule has 0 bridgehead atoms. The minimum Gasteiger partial charge on any atom is -0.496 e. The number of rotatable bonds is 7. The summed E-state index contributed by atoms with van der Waals surface area (Å²) < 4.78 is 13.5. The van der Waals surface area contributed by atoms with Gasteiger partial charge in [-0.2, -0.15) is 0 Å². The summed E-state index contributed by atoms with van der Waals surface area (Å²) in [6.07, 6.45) is 1.91. The van der Waals surface area contributed by atoms with Crippen LogP contribution in [0.15, 0.2) is 58.2 Å². The van der Waals surface area contributed by atoms with Crippen LogP contribution >= 0.6 is 11.8 Å². The topological polar surface area (TPSA) is 91.6 Å². The molecule has 0 saturated carbocycles. The fourth-order valence-corrected chi connectivity index (χ4v) is 3.49. The van der Waals surface area contributed by atoms with Gasteiger partial charge >= 0.3 is 5.97 Å². The van der Waals surface area contributed by atoms with Gasteiger partial charge in [0.2, 0.25) is 0 Å². The highest BCUT2D eigenvalue weighted by Gasteiger charge is 2.20. The van der Waals surface area contributed by atoms with Crippen molar-refractivity contribution in [2.75, 3.05) is 25.3 Å². The molecule has 3 rings (SSSR count). The van der Waals surface area contributed by atoms with Crippen LogP contribution in [0.1, 0.15) is 16.1 Å². The second kappa shape index (κ2) is 9.57. The highest BCUT2D eigenvalue weighted by Crippen LogP contribution is 2.26. The van der Waals surface area contributed by atoms with E-state index in [2.05, 4.69) is 5.32 Å². The van der Waals surface area contributed by atoms with E-state index in [9.17, 15) is 14.4 Å². The first kappa shape index (κ1) is 22.2. The van der Waals surface area contributed by atoms with E-state index in [1.165, 1.54) is 23.6 Å². The largest absolute Gasteiger partial charge is 0.496 e. The maximum Gasteiger partial charge on any atom is 0.342 e. The minimum atomic E-state index is -0.689. The average molecular weight is 442 g/mol. The van der Waals surface area contributed by atoms with Crippen molar-refractivity contribution in [1.29, 1.82) is 0 Å². The lowest BCUT2D eigenvalue weighted by Gasteiger charge is -2.10. The number of thioether (sulfide) groups is 1. The molecule has 0 aliphatic carbocycles. The maximum atomic E-state index is 12.9. The van der Waals surface area contributed by atoms with E-state index in [0.717, 1.165) is 4.90 Å². The number of para-hydroxylation sites is 1.